The van der Waals surface area contributed by atoms with Gasteiger partial charge in [-0.1, -0.05) is 75.7 Å². The summed E-state index contributed by atoms with van der Waals surface area (Å²) in [6.07, 6.45) is 0. The first-order chi connectivity index (χ1) is 17.9. The van der Waals surface area contributed by atoms with Crippen molar-refractivity contribution >= 4 is 38.8 Å². The van der Waals surface area contributed by atoms with Crippen LogP contribution in [-0.4, -0.2) is 32.0 Å². The molecule has 0 unspecified atom stereocenters. The second-order valence-corrected chi connectivity index (χ2v) is 9.66. The molecular weight excluding hydrogens is 532 g/mol. The molecule has 0 saturated carbocycles. The minimum atomic E-state index is -0.954. The molecule has 0 aliphatic carbocycles. The summed E-state index contributed by atoms with van der Waals surface area (Å²) in [5.74, 6) is -1.13. The minimum Gasteiger partial charge on any atom is -0.478 e. The van der Waals surface area contributed by atoms with Crippen LogP contribution in [0.3, 0.4) is 0 Å². The predicted octanol–water partition coefficient (Wildman–Crippen LogP) is 6.10. The molecule has 5 rings (SSSR count). The molecular formula is C29H23BrN4O3. The summed E-state index contributed by atoms with van der Waals surface area (Å²) in [4.78, 5) is 24.4. The van der Waals surface area contributed by atoms with Crippen molar-refractivity contribution in [3.05, 3.63) is 118 Å². The van der Waals surface area contributed by atoms with Crippen LogP contribution in [0.2, 0.25) is 0 Å². The fourth-order valence-electron chi connectivity index (χ4n) is 4.23. The Morgan fingerprint density at radius 1 is 0.973 bits per heavy atom. The second kappa shape index (κ2) is 10.4. The zero-order chi connectivity index (χ0) is 25.9. The lowest BCUT2D eigenvalue weighted by Crippen LogP contribution is -2.26. The summed E-state index contributed by atoms with van der Waals surface area (Å²) >= 11 is 3.43. The van der Waals surface area contributed by atoms with Gasteiger partial charge in [-0.05, 0) is 65.6 Å². The number of rotatable bonds is 7. The molecule has 4 aromatic carbocycles. The molecule has 0 spiro atoms. The number of nitrogens with zero attached hydrogens (tertiary/aromatic N) is 3. The Balaban J connectivity index is 1.31. The number of carbonyl (C=O) groups excluding carboxylic acids is 1. The summed E-state index contributed by atoms with van der Waals surface area (Å²) in [6, 6.07) is 27.7. The molecule has 184 valence electrons. The van der Waals surface area contributed by atoms with Crippen LogP contribution in [0.4, 0.5) is 0 Å². The molecule has 0 aliphatic heterocycles. The van der Waals surface area contributed by atoms with Crippen LogP contribution in [0.5, 0.6) is 0 Å². The first kappa shape index (κ1) is 24.4. The van der Waals surface area contributed by atoms with E-state index >= 15 is 0 Å². The quantitative estimate of drug-likeness (QED) is 0.253. The zero-order valence-electron chi connectivity index (χ0n) is 19.9. The molecule has 2 N–H and O–H groups in total. The van der Waals surface area contributed by atoms with E-state index in [9.17, 15) is 14.7 Å². The lowest BCUT2D eigenvalue weighted by Gasteiger charge is -2.14. The molecule has 1 amide bonds. The van der Waals surface area contributed by atoms with E-state index in [4.69, 9.17) is 0 Å². The number of hydrogen-bond donors (Lipinski definition) is 2. The Bertz CT molecular complexity index is 1590. The molecule has 0 fully saturated rings. The van der Waals surface area contributed by atoms with Gasteiger partial charge in [-0.2, -0.15) is 0 Å². The molecule has 0 radical (unpaired) electrons. The van der Waals surface area contributed by atoms with Gasteiger partial charge < -0.3 is 10.4 Å². The summed E-state index contributed by atoms with van der Waals surface area (Å²) in [7, 11) is 0. The molecule has 5 aromatic rings. The van der Waals surface area contributed by atoms with Crippen LogP contribution in [0.25, 0.3) is 22.2 Å². The molecule has 7 nitrogen and oxygen atoms in total. The smallest absolute Gasteiger partial charge is 0.336 e. The molecule has 0 saturated heterocycles. The van der Waals surface area contributed by atoms with E-state index in [-0.39, 0.29) is 17.5 Å². The van der Waals surface area contributed by atoms with Crippen LogP contribution < -0.4 is 5.32 Å². The van der Waals surface area contributed by atoms with Crippen molar-refractivity contribution in [2.45, 2.75) is 19.5 Å². The van der Waals surface area contributed by atoms with Gasteiger partial charge in [-0.15, -0.1) is 5.10 Å². The minimum absolute atomic E-state index is 0.141. The maximum atomic E-state index is 12.8. The van der Waals surface area contributed by atoms with Gasteiger partial charge in [-0.25, -0.2) is 9.48 Å². The van der Waals surface area contributed by atoms with E-state index < -0.39 is 5.97 Å². The third-order valence-electron chi connectivity index (χ3n) is 6.25. The highest BCUT2D eigenvalue weighted by molar-refractivity contribution is 9.10. The lowest BCUT2D eigenvalue weighted by atomic mass is 9.99. The maximum Gasteiger partial charge on any atom is 0.336 e. The Labute approximate surface area is 221 Å². The number of benzene rings is 4. The van der Waals surface area contributed by atoms with E-state index in [2.05, 4.69) is 31.6 Å². The number of aromatic carboxylic acids is 1. The normalized spacial score (nSPS) is 11.8. The standard InChI is InChI=1S/C29H23BrN4O3/c1-18(20-10-13-23(30)14-11-20)31-28(35)22-12-15-27-26(16-22)32-33-34(27)17-19-6-8-21(9-7-19)24-4-2-3-5-25(24)29(36)37/h2-16,18H,17H2,1H3,(H,31,35)(H,36,37)/t18-/m0/s1. The number of nitrogens with one attached hydrogen (secondary N) is 1. The Hall–Kier alpha value is -4.30. The molecule has 0 bridgehead atoms. The summed E-state index contributed by atoms with van der Waals surface area (Å²) in [5, 5.41) is 21.0. The predicted molar refractivity (Wildman–Crippen MR) is 145 cm³/mol. The van der Waals surface area contributed by atoms with E-state index in [1.165, 1.54) is 0 Å². The number of amides is 1. The van der Waals surface area contributed by atoms with Crippen LogP contribution >= 0.6 is 15.9 Å². The van der Waals surface area contributed by atoms with Gasteiger partial charge >= 0.3 is 5.97 Å². The zero-order valence-corrected chi connectivity index (χ0v) is 21.5. The van der Waals surface area contributed by atoms with Crippen LogP contribution in [0.1, 0.15) is 44.8 Å². The first-order valence-electron chi connectivity index (χ1n) is 11.7. The first-order valence-corrected chi connectivity index (χ1v) is 12.5. The highest BCUT2D eigenvalue weighted by atomic mass is 79.9. The number of hydrogen-bond acceptors (Lipinski definition) is 4. The molecule has 37 heavy (non-hydrogen) atoms. The fraction of sp³-hybridized carbons (Fsp3) is 0.103. The third-order valence-corrected chi connectivity index (χ3v) is 6.78. The van der Waals surface area contributed by atoms with Gasteiger partial charge in [0.05, 0.1) is 23.7 Å². The number of carbonyl (C=O) groups is 2. The Morgan fingerprint density at radius 2 is 1.70 bits per heavy atom. The van der Waals surface area contributed by atoms with Crippen molar-refractivity contribution in [3.63, 3.8) is 0 Å². The van der Waals surface area contributed by atoms with Crippen LogP contribution in [-0.2, 0) is 6.54 Å². The van der Waals surface area contributed by atoms with Crippen molar-refractivity contribution < 1.29 is 14.7 Å². The third kappa shape index (κ3) is 5.29. The Kier molecular flexibility index (Phi) is 6.83. The van der Waals surface area contributed by atoms with Crippen molar-refractivity contribution in [1.29, 1.82) is 0 Å². The van der Waals surface area contributed by atoms with E-state index in [0.29, 0.717) is 23.2 Å². The number of carboxylic acid groups (broad SMARTS) is 1. The van der Waals surface area contributed by atoms with Gasteiger partial charge in [-0.3, -0.25) is 4.79 Å². The SMILES string of the molecule is C[C@H](NC(=O)c1ccc2c(c1)nnn2Cc1ccc(-c2ccccc2C(=O)O)cc1)c1ccc(Br)cc1. The molecule has 1 atom stereocenters. The number of halogens is 1. The van der Waals surface area contributed by atoms with Gasteiger partial charge in [0.15, 0.2) is 0 Å². The monoisotopic (exact) mass is 554 g/mol. The topological polar surface area (TPSA) is 97.1 Å². The highest BCUT2D eigenvalue weighted by Crippen LogP contribution is 2.25. The van der Waals surface area contributed by atoms with Crippen LogP contribution in [0, 0.1) is 0 Å². The van der Waals surface area contributed by atoms with Crippen molar-refractivity contribution in [3.8, 4) is 11.1 Å². The van der Waals surface area contributed by atoms with Gasteiger partial charge in [0.2, 0.25) is 0 Å². The Morgan fingerprint density at radius 3 is 2.43 bits per heavy atom. The van der Waals surface area contributed by atoms with Gasteiger partial charge in [0.1, 0.15) is 5.52 Å². The maximum absolute atomic E-state index is 12.8. The average Bonchev–Trinajstić information content (AvgIpc) is 3.31. The van der Waals surface area contributed by atoms with E-state index in [1.54, 1.807) is 35.0 Å². The highest BCUT2D eigenvalue weighted by Gasteiger charge is 2.15. The average molecular weight is 555 g/mol. The van der Waals surface area contributed by atoms with Crippen molar-refractivity contribution in [2.24, 2.45) is 0 Å². The number of aromatic nitrogens is 3. The van der Waals surface area contributed by atoms with Crippen molar-refractivity contribution in [2.75, 3.05) is 0 Å². The molecule has 1 heterocycles. The van der Waals surface area contributed by atoms with Crippen molar-refractivity contribution in [1.82, 2.24) is 20.3 Å². The van der Waals surface area contributed by atoms with Crippen LogP contribution in [0.15, 0.2) is 95.5 Å². The summed E-state index contributed by atoms with van der Waals surface area (Å²) < 4.78 is 2.77. The summed E-state index contributed by atoms with van der Waals surface area (Å²) in [6.45, 7) is 2.44. The lowest BCUT2D eigenvalue weighted by molar-refractivity contribution is 0.0697. The van der Waals surface area contributed by atoms with E-state index in [1.807, 2.05) is 67.6 Å². The number of carboxylic acids is 1. The van der Waals surface area contributed by atoms with Gasteiger partial charge in [0, 0.05) is 10.0 Å². The van der Waals surface area contributed by atoms with Gasteiger partial charge in [0.25, 0.3) is 5.91 Å². The number of fused-ring (bicyclic) bond motifs is 1. The molecule has 8 heteroatoms. The largest absolute Gasteiger partial charge is 0.478 e. The molecule has 1 aromatic heterocycles. The van der Waals surface area contributed by atoms with E-state index in [0.717, 1.165) is 26.7 Å². The second-order valence-electron chi connectivity index (χ2n) is 8.74. The molecule has 0 aliphatic rings. The summed E-state index contributed by atoms with van der Waals surface area (Å²) in [5.41, 5.74) is 5.75. The fourth-order valence-corrected chi connectivity index (χ4v) is 4.49.